The van der Waals surface area contributed by atoms with Gasteiger partial charge in [-0.1, -0.05) is 29.8 Å². The molecule has 0 radical (unpaired) electrons. The van der Waals surface area contributed by atoms with Crippen LogP contribution in [0.1, 0.15) is 22.1 Å². The molecule has 0 spiro atoms. The summed E-state index contributed by atoms with van der Waals surface area (Å²) in [6, 6.07) is 11.3. The van der Waals surface area contributed by atoms with E-state index in [0.717, 1.165) is 16.7 Å². The van der Waals surface area contributed by atoms with Gasteiger partial charge in [0.1, 0.15) is 5.75 Å². The first-order chi connectivity index (χ1) is 10.0. The molecule has 3 rings (SSSR count). The second-order valence-corrected chi connectivity index (χ2v) is 5.82. The quantitative estimate of drug-likeness (QED) is 0.837. The molecule has 1 atom stereocenters. The molecule has 0 fully saturated rings. The number of aryl methyl sites for hydroxylation is 1. The molecule has 1 N–H and O–H groups in total. The zero-order chi connectivity index (χ0) is 15.0. The average molecular weight is 322 g/mol. The van der Waals surface area contributed by atoms with Crippen LogP contribution in [-0.2, 0) is 4.79 Å². The number of nitrogens with one attached hydrogen (secondary N) is 1. The maximum atomic E-state index is 11.4. The minimum atomic E-state index is -0.387. The van der Waals surface area contributed by atoms with Crippen molar-refractivity contribution in [2.45, 2.75) is 12.3 Å². The van der Waals surface area contributed by atoms with Crippen LogP contribution in [0.25, 0.3) is 0 Å². The van der Waals surface area contributed by atoms with Crippen molar-refractivity contribution >= 4 is 34.8 Å². The molecular weight excluding hydrogens is 309 g/mol. The van der Waals surface area contributed by atoms with Gasteiger partial charge in [0.15, 0.2) is 6.61 Å². The summed E-state index contributed by atoms with van der Waals surface area (Å²) in [5.41, 5.74) is 3.41. The largest absolute Gasteiger partial charge is 0.482 e. The van der Waals surface area contributed by atoms with Gasteiger partial charge in [-0.2, -0.15) is 0 Å². The molecule has 0 saturated heterocycles. The zero-order valence-corrected chi connectivity index (χ0v) is 12.8. The number of rotatable bonds is 2. The summed E-state index contributed by atoms with van der Waals surface area (Å²) >= 11 is 12.8. The van der Waals surface area contributed by atoms with Gasteiger partial charge in [0.25, 0.3) is 5.91 Å². The van der Waals surface area contributed by atoms with Gasteiger partial charge in [0.05, 0.1) is 11.1 Å². The molecule has 2 aromatic rings. The van der Waals surface area contributed by atoms with Crippen molar-refractivity contribution < 1.29 is 9.53 Å². The van der Waals surface area contributed by atoms with Crippen molar-refractivity contribution in [2.24, 2.45) is 0 Å². The number of carbonyl (C=O) groups excluding carboxylic acids is 1. The molecule has 0 aliphatic carbocycles. The third-order valence-corrected chi connectivity index (χ3v) is 4.17. The Bertz CT molecular complexity index is 715. The molecule has 1 unspecified atom stereocenters. The Kier molecular flexibility index (Phi) is 3.79. The fourth-order valence-corrected chi connectivity index (χ4v) is 3.00. The van der Waals surface area contributed by atoms with E-state index in [1.54, 1.807) is 0 Å². The minimum Gasteiger partial charge on any atom is -0.482 e. The highest BCUT2D eigenvalue weighted by molar-refractivity contribution is 6.33. The number of benzene rings is 2. The molecule has 21 heavy (non-hydrogen) atoms. The number of carbonyl (C=O) groups is 1. The standard InChI is InChI=1S/C16H13Cl2NO2/c1-9-2-4-11(12(17)6-9)16(18)10-3-5-14-13(7-10)19-15(20)8-21-14/h2-7,16H,8H2,1H3,(H,19,20). The van der Waals surface area contributed by atoms with Crippen LogP contribution in [0.15, 0.2) is 36.4 Å². The first kappa shape index (κ1) is 14.2. The Labute approximate surface area is 132 Å². The van der Waals surface area contributed by atoms with E-state index in [9.17, 15) is 4.79 Å². The van der Waals surface area contributed by atoms with Gasteiger partial charge in [-0.3, -0.25) is 4.79 Å². The highest BCUT2D eigenvalue weighted by atomic mass is 35.5. The van der Waals surface area contributed by atoms with Crippen LogP contribution in [0, 0.1) is 6.92 Å². The van der Waals surface area contributed by atoms with Gasteiger partial charge >= 0.3 is 0 Å². The second-order valence-electron chi connectivity index (χ2n) is 4.98. The minimum absolute atomic E-state index is 0.0421. The Balaban J connectivity index is 1.96. The van der Waals surface area contributed by atoms with Crippen LogP contribution in [0.3, 0.4) is 0 Å². The number of anilines is 1. The lowest BCUT2D eigenvalue weighted by molar-refractivity contribution is -0.118. The highest BCUT2D eigenvalue weighted by Crippen LogP contribution is 2.38. The van der Waals surface area contributed by atoms with Crippen LogP contribution in [-0.4, -0.2) is 12.5 Å². The Morgan fingerprint density at radius 2 is 2.05 bits per heavy atom. The van der Waals surface area contributed by atoms with Gasteiger partial charge in [0.2, 0.25) is 0 Å². The van der Waals surface area contributed by atoms with E-state index in [1.807, 2.05) is 43.3 Å². The van der Waals surface area contributed by atoms with E-state index in [4.69, 9.17) is 27.9 Å². The normalized spacial score (nSPS) is 14.9. The topological polar surface area (TPSA) is 38.3 Å². The third kappa shape index (κ3) is 2.85. The van der Waals surface area contributed by atoms with Crippen molar-refractivity contribution in [2.75, 3.05) is 11.9 Å². The number of hydrogen-bond donors (Lipinski definition) is 1. The van der Waals surface area contributed by atoms with Crippen LogP contribution in [0.4, 0.5) is 5.69 Å². The van der Waals surface area contributed by atoms with Crippen molar-refractivity contribution in [3.63, 3.8) is 0 Å². The van der Waals surface area contributed by atoms with Crippen molar-refractivity contribution in [3.05, 3.63) is 58.1 Å². The monoisotopic (exact) mass is 321 g/mol. The van der Waals surface area contributed by atoms with Gasteiger partial charge in [-0.15, -0.1) is 11.6 Å². The fraction of sp³-hybridized carbons (Fsp3) is 0.188. The predicted molar refractivity (Wildman–Crippen MR) is 84.5 cm³/mol. The maximum absolute atomic E-state index is 11.4. The second kappa shape index (κ2) is 5.58. The van der Waals surface area contributed by atoms with Crippen LogP contribution < -0.4 is 10.1 Å². The molecule has 1 heterocycles. The van der Waals surface area contributed by atoms with Crippen molar-refractivity contribution in [1.82, 2.24) is 0 Å². The molecule has 1 aliphatic heterocycles. The summed E-state index contributed by atoms with van der Waals surface area (Å²) in [6.07, 6.45) is 0. The third-order valence-electron chi connectivity index (χ3n) is 3.36. The van der Waals surface area contributed by atoms with Gasteiger partial charge < -0.3 is 10.1 Å². The van der Waals surface area contributed by atoms with Gasteiger partial charge in [0, 0.05) is 5.02 Å². The van der Waals surface area contributed by atoms with E-state index in [2.05, 4.69) is 5.32 Å². The molecule has 1 aliphatic rings. The number of amides is 1. The molecular formula is C16H13Cl2NO2. The summed E-state index contributed by atoms with van der Waals surface area (Å²) < 4.78 is 5.33. The molecule has 1 amide bonds. The number of ether oxygens (including phenoxy) is 1. The summed E-state index contributed by atoms with van der Waals surface area (Å²) in [7, 11) is 0. The molecule has 0 saturated carbocycles. The molecule has 5 heteroatoms. The maximum Gasteiger partial charge on any atom is 0.262 e. The zero-order valence-electron chi connectivity index (χ0n) is 11.3. The number of fused-ring (bicyclic) bond motifs is 1. The summed E-state index contributed by atoms with van der Waals surface area (Å²) in [6.45, 7) is 2.02. The first-order valence-electron chi connectivity index (χ1n) is 6.51. The average Bonchev–Trinajstić information content (AvgIpc) is 2.46. The summed E-state index contributed by atoms with van der Waals surface area (Å²) in [5.74, 6) is 0.483. The lowest BCUT2D eigenvalue weighted by Gasteiger charge is -2.20. The fourth-order valence-electron chi connectivity index (χ4n) is 2.28. The molecule has 0 aromatic heterocycles. The van der Waals surface area contributed by atoms with Crippen LogP contribution in [0.5, 0.6) is 5.75 Å². The van der Waals surface area contributed by atoms with Crippen LogP contribution >= 0.6 is 23.2 Å². The molecule has 3 nitrogen and oxygen atoms in total. The van der Waals surface area contributed by atoms with E-state index >= 15 is 0 Å². The summed E-state index contributed by atoms with van der Waals surface area (Å²) in [5, 5.41) is 3.02. The lowest BCUT2D eigenvalue weighted by atomic mass is 10.0. The van der Waals surface area contributed by atoms with Crippen LogP contribution in [0.2, 0.25) is 5.02 Å². The van der Waals surface area contributed by atoms with E-state index in [-0.39, 0.29) is 17.9 Å². The number of alkyl halides is 1. The van der Waals surface area contributed by atoms with E-state index in [0.29, 0.717) is 16.5 Å². The number of hydrogen-bond acceptors (Lipinski definition) is 2. The van der Waals surface area contributed by atoms with Gasteiger partial charge in [-0.25, -0.2) is 0 Å². The molecule has 2 aromatic carbocycles. The smallest absolute Gasteiger partial charge is 0.262 e. The Morgan fingerprint density at radius 1 is 1.24 bits per heavy atom. The Hall–Kier alpha value is -1.71. The first-order valence-corrected chi connectivity index (χ1v) is 7.33. The lowest BCUT2D eigenvalue weighted by Crippen LogP contribution is -2.25. The molecule has 108 valence electrons. The summed E-state index contributed by atoms with van der Waals surface area (Å²) in [4.78, 5) is 11.4. The SMILES string of the molecule is Cc1ccc(C(Cl)c2ccc3c(c2)NC(=O)CO3)c(Cl)c1. The van der Waals surface area contributed by atoms with E-state index < -0.39 is 0 Å². The molecule has 0 bridgehead atoms. The highest BCUT2D eigenvalue weighted by Gasteiger charge is 2.20. The Morgan fingerprint density at radius 3 is 2.81 bits per heavy atom. The van der Waals surface area contributed by atoms with Gasteiger partial charge in [-0.05, 0) is 41.8 Å². The van der Waals surface area contributed by atoms with E-state index in [1.165, 1.54) is 0 Å². The van der Waals surface area contributed by atoms with Crippen molar-refractivity contribution in [3.8, 4) is 5.75 Å². The number of halogens is 2. The van der Waals surface area contributed by atoms with Crippen molar-refractivity contribution in [1.29, 1.82) is 0 Å². The predicted octanol–water partition coefficient (Wildman–Crippen LogP) is 4.31.